The van der Waals surface area contributed by atoms with Crippen LogP contribution in [-0.2, 0) is 0 Å². The van der Waals surface area contributed by atoms with E-state index in [1.54, 1.807) is 11.0 Å². The van der Waals surface area contributed by atoms with Crippen LogP contribution in [0.5, 0.6) is 0 Å². The summed E-state index contributed by atoms with van der Waals surface area (Å²) in [6, 6.07) is 4.02. The molecule has 2 saturated heterocycles. The topological polar surface area (TPSA) is 35.6 Å². The quantitative estimate of drug-likeness (QED) is 0.928. The Balaban J connectivity index is 1.82. The third-order valence-corrected chi connectivity index (χ3v) is 4.84. The molecular weight excluding hydrogens is 300 g/mol. The molecule has 23 heavy (non-hydrogen) atoms. The molecule has 3 rings (SSSR count). The lowest BCUT2D eigenvalue weighted by Gasteiger charge is -2.35. The SMILES string of the molecule is CC(C)N1CC[C@@H](NC(=O)N2CCC2)[C@H]1c1ccc(F)c(F)c1. The number of benzene rings is 1. The number of hydrogen-bond donors (Lipinski definition) is 1. The highest BCUT2D eigenvalue weighted by Crippen LogP contribution is 2.34. The Morgan fingerprint density at radius 1 is 1.22 bits per heavy atom. The van der Waals surface area contributed by atoms with Gasteiger partial charge in [0.15, 0.2) is 11.6 Å². The zero-order chi connectivity index (χ0) is 16.6. The molecule has 0 radical (unpaired) electrons. The Hall–Kier alpha value is -1.69. The number of amides is 2. The highest BCUT2D eigenvalue weighted by Gasteiger charge is 2.38. The lowest BCUT2D eigenvalue weighted by atomic mass is 9.99. The largest absolute Gasteiger partial charge is 0.333 e. The number of hydrogen-bond acceptors (Lipinski definition) is 2. The van der Waals surface area contributed by atoms with E-state index in [4.69, 9.17) is 0 Å². The summed E-state index contributed by atoms with van der Waals surface area (Å²) in [5, 5.41) is 3.08. The van der Waals surface area contributed by atoms with Crippen LogP contribution in [0.1, 0.15) is 38.3 Å². The highest BCUT2D eigenvalue weighted by atomic mass is 19.2. The summed E-state index contributed by atoms with van der Waals surface area (Å²) < 4.78 is 26.9. The molecule has 6 heteroatoms. The predicted octanol–water partition coefficient (Wildman–Crippen LogP) is 2.90. The van der Waals surface area contributed by atoms with Crippen molar-refractivity contribution in [1.29, 1.82) is 0 Å². The lowest BCUT2D eigenvalue weighted by molar-refractivity contribution is 0.154. The Morgan fingerprint density at radius 3 is 2.52 bits per heavy atom. The molecule has 0 saturated carbocycles. The Bertz CT molecular complexity index is 589. The molecule has 1 aromatic carbocycles. The van der Waals surface area contributed by atoms with Gasteiger partial charge >= 0.3 is 6.03 Å². The maximum atomic E-state index is 13.7. The van der Waals surface area contributed by atoms with Crippen LogP contribution in [0.25, 0.3) is 0 Å². The number of urea groups is 1. The van der Waals surface area contributed by atoms with Gasteiger partial charge in [-0.2, -0.15) is 0 Å². The van der Waals surface area contributed by atoms with Crippen LogP contribution in [-0.4, -0.2) is 47.5 Å². The first-order valence-electron chi connectivity index (χ1n) is 8.23. The van der Waals surface area contributed by atoms with Crippen molar-refractivity contribution < 1.29 is 13.6 Å². The van der Waals surface area contributed by atoms with E-state index < -0.39 is 11.6 Å². The van der Waals surface area contributed by atoms with Crippen LogP contribution in [0, 0.1) is 11.6 Å². The van der Waals surface area contributed by atoms with Gasteiger partial charge in [0.05, 0.1) is 12.1 Å². The van der Waals surface area contributed by atoms with Gasteiger partial charge < -0.3 is 10.2 Å². The highest BCUT2D eigenvalue weighted by molar-refractivity contribution is 5.75. The minimum atomic E-state index is -0.844. The van der Waals surface area contributed by atoms with E-state index in [1.807, 2.05) is 0 Å². The van der Waals surface area contributed by atoms with Crippen LogP contribution < -0.4 is 5.32 Å². The minimum Gasteiger partial charge on any atom is -0.333 e. The van der Waals surface area contributed by atoms with Gasteiger partial charge in [0, 0.05) is 25.7 Å². The first-order chi connectivity index (χ1) is 11.0. The van der Waals surface area contributed by atoms with Crippen molar-refractivity contribution in [2.24, 2.45) is 0 Å². The molecule has 1 aromatic rings. The normalized spacial score (nSPS) is 24.8. The number of nitrogens with zero attached hydrogens (tertiary/aromatic N) is 2. The van der Waals surface area contributed by atoms with E-state index in [2.05, 4.69) is 24.1 Å². The monoisotopic (exact) mass is 323 g/mol. The predicted molar refractivity (Wildman–Crippen MR) is 84.1 cm³/mol. The molecule has 1 N–H and O–H groups in total. The van der Waals surface area contributed by atoms with Crippen molar-refractivity contribution in [2.45, 2.75) is 44.8 Å². The maximum Gasteiger partial charge on any atom is 0.317 e. The molecule has 0 aromatic heterocycles. The summed E-state index contributed by atoms with van der Waals surface area (Å²) in [6.45, 7) is 6.57. The first kappa shape index (κ1) is 16.2. The Kier molecular flexibility index (Phi) is 4.53. The summed E-state index contributed by atoms with van der Waals surface area (Å²) in [7, 11) is 0. The first-order valence-corrected chi connectivity index (χ1v) is 8.23. The lowest BCUT2D eigenvalue weighted by Crippen LogP contribution is -2.52. The molecule has 0 bridgehead atoms. The zero-order valence-electron chi connectivity index (χ0n) is 13.6. The summed E-state index contributed by atoms with van der Waals surface area (Å²) in [6.07, 6.45) is 1.85. The molecule has 4 nitrogen and oxygen atoms in total. The fraction of sp³-hybridized carbons (Fsp3) is 0.588. The molecule has 126 valence electrons. The zero-order valence-corrected chi connectivity index (χ0v) is 13.6. The van der Waals surface area contributed by atoms with Crippen molar-refractivity contribution in [3.05, 3.63) is 35.4 Å². The van der Waals surface area contributed by atoms with Crippen LogP contribution >= 0.6 is 0 Å². The minimum absolute atomic E-state index is 0.0561. The third-order valence-electron chi connectivity index (χ3n) is 4.84. The Morgan fingerprint density at radius 2 is 1.96 bits per heavy atom. The van der Waals surface area contributed by atoms with Gasteiger partial charge in [0.2, 0.25) is 0 Å². The van der Waals surface area contributed by atoms with Crippen LogP contribution in [0.15, 0.2) is 18.2 Å². The number of rotatable bonds is 3. The summed E-state index contributed by atoms with van der Waals surface area (Å²) >= 11 is 0. The van der Waals surface area contributed by atoms with Gasteiger partial charge in [-0.15, -0.1) is 0 Å². The van der Waals surface area contributed by atoms with Crippen LogP contribution in [0.4, 0.5) is 13.6 Å². The van der Waals surface area contributed by atoms with Crippen LogP contribution in [0.3, 0.4) is 0 Å². The third kappa shape index (κ3) is 3.17. The van der Waals surface area contributed by atoms with Gasteiger partial charge in [-0.05, 0) is 44.4 Å². The smallest absolute Gasteiger partial charge is 0.317 e. The fourth-order valence-electron chi connectivity index (χ4n) is 3.44. The van der Waals surface area contributed by atoms with Crippen molar-refractivity contribution >= 4 is 6.03 Å². The van der Waals surface area contributed by atoms with E-state index in [9.17, 15) is 13.6 Å². The van der Waals surface area contributed by atoms with E-state index >= 15 is 0 Å². The second kappa shape index (κ2) is 6.43. The molecule has 2 fully saturated rings. The average molecular weight is 323 g/mol. The van der Waals surface area contributed by atoms with Crippen LogP contribution in [0.2, 0.25) is 0 Å². The second-order valence-electron chi connectivity index (χ2n) is 6.64. The molecule has 0 aliphatic carbocycles. The number of carbonyl (C=O) groups is 1. The van der Waals surface area contributed by atoms with Crippen molar-refractivity contribution in [3.63, 3.8) is 0 Å². The second-order valence-corrected chi connectivity index (χ2v) is 6.64. The average Bonchev–Trinajstić information content (AvgIpc) is 2.83. The maximum absolute atomic E-state index is 13.7. The van der Waals surface area contributed by atoms with Gasteiger partial charge in [0.1, 0.15) is 0 Å². The van der Waals surface area contributed by atoms with E-state index in [1.165, 1.54) is 6.07 Å². The molecule has 2 aliphatic rings. The van der Waals surface area contributed by atoms with E-state index in [0.717, 1.165) is 38.5 Å². The van der Waals surface area contributed by atoms with Gasteiger partial charge in [-0.25, -0.2) is 13.6 Å². The van der Waals surface area contributed by atoms with Gasteiger partial charge in [-0.3, -0.25) is 4.90 Å². The van der Waals surface area contributed by atoms with Crippen molar-refractivity contribution in [3.8, 4) is 0 Å². The van der Waals surface area contributed by atoms with E-state index in [-0.39, 0.29) is 24.2 Å². The summed E-state index contributed by atoms with van der Waals surface area (Å²) in [4.78, 5) is 16.2. The standard InChI is InChI=1S/C17H23F2N3O/c1-11(2)22-9-6-15(20-17(23)21-7-3-8-21)16(22)12-4-5-13(18)14(19)10-12/h4-5,10-11,15-16H,3,6-9H2,1-2H3,(H,20,23)/t15-,16-/m1/s1. The summed E-state index contributed by atoms with van der Waals surface area (Å²) in [5.74, 6) is -1.69. The molecule has 2 atom stereocenters. The molecular formula is C17H23F2N3O. The molecule has 0 unspecified atom stereocenters. The Labute approximate surface area is 135 Å². The molecule has 2 aliphatic heterocycles. The molecule has 0 spiro atoms. The van der Waals surface area contributed by atoms with Gasteiger partial charge in [0.25, 0.3) is 0 Å². The number of halogens is 2. The number of nitrogens with one attached hydrogen (secondary N) is 1. The number of carbonyl (C=O) groups excluding carboxylic acids is 1. The summed E-state index contributed by atoms with van der Waals surface area (Å²) in [5.41, 5.74) is 0.712. The fourth-order valence-corrected chi connectivity index (χ4v) is 3.44. The van der Waals surface area contributed by atoms with Crippen molar-refractivity contribution in [1.82, 2.24) is 15.1 Å². The van der Waals surface area contributed by atoms with E-state index in [0.29, 0.717) is 5.56 Å². The molecule has 2 heterocycles. The number of likely N-dealkylation sites (tertiary alicyclic amines) is 2. The van der Waals surface area contributed by atoms with Crippen molar-refractivity contribution in [2.75, 3.05) is 19.6 Å². The molecule has 2 amide bonds. The van der Waals surface area contributed by atoms with Gasteiger partial charge in [-0.1, -0.05) is 6.07 Å².